The third-order valence-corrected chi connectivity index (χ3v) is 0. The molecule has 5 heteroatoms. The van der Waals surface area contributed by atoms with E-state index in [1.54, 1.807) is 0 Å². The van der Waals surface area contributed by atoms with Crippen LogP contribution >= 0.6 is 0 Å². The molecule has 0 bridgehead atoms. The van der Waals surface area contributed by atoms with E-state index in [1.807, 2.05) is 0 Å². The molecule has 33 valence electrons. The minimum atomic E-state index is 0. The molecule has 0 rings (SSSR count). The maximum atomic E-state index is 0. The first-order valence-electron chi connectivity index (χ1n) is 0. The summed E-state index contributed by atoms with van der Waals surface area (Å²) in [6.07, 6.45) is 0. The third kappa shape index (κ3) is 29.4. The van der Waals surface area contributed by atoms with Gasteiger partial charge in [-0.15, -0.1) is 0 Å². The van der Waals surface area contributed by atoms with Gasteiger partial charge in [-0.25, -0.2) is 0 Å². The van der Waals surface area contributed by atoms with Gasteiger partial charge in [-0.2, -0.15) is 0 Å². The van der Waals surface area contributed by atoms with E-state index in [2.05, 4.69) is 0 Å². The molecule has 2 nitrogen and oxygen atoms in total. The maximum absolute atomic E-state index is 0. The average Bonchev–Trinajstić information content (AvgIpc) is 0. The Balaban J connectivity index is 0. The molecule has 0 aromatic rings. The molecule has 0 saturated heterocycles. The van der Waals surface area contributed by atoms with E-state index in [9.17, 15) is 0 Å². The van der Waals surface area contributed by atoms with Crippen molar-refractivity contribution in [1.29, 1.82) is 0 Å². The van der Waals surface area contributed by atoms with Gasteiger partial charge in [0.1, 0.15) is 0 Å². The minimum Gasteiger partial charge on any atom is -0.870 e. The van der Waals surface area contributed by atoms with Gasteiger partial charge in [-0.3, -0.25) is 0 Å². The number of hydrogen-bond acceptors (Lipinski definition) is 1. The van der Waals surface area contributed by atoms with Crippen LogP contribution in [0.25, 0.3) is 0 Å². The van der Waals surface area contributed by atoms with Gasteiger partial charge in [0.15, 0.2) is 0 Å². The van der Waals surface area contributed by atoms with E-state index < -0.39 is 0 Å². The molecule has 0 atom stereocenters. The first kappa shape index (κ1) is 85.3. The SMILES string of the molecule is O.[Li+].[Mn].[Ni].[OH-]. The van der Waals surface area contributed by atoms with Gasteiger partial charge in [-0.05, 0) is 0 Å². The first-order valence-corrected chi connectivity index (χ1v) is 0. The summed E-state index contributed by atoms with van der Waals surface area (Å²) in [7, 11) is 0. The van der Waals surface area contributed by atoms with Crippen molar-refractivity contribution in [3.05, 3.63) is 0 Å². The molecular formula is H3LiMnNiO2. The third-order valence-electron chi connectivity index (χ3n) is 0. The van der Waals surface area contributed by atoms with Gasteiger partial charge in [0.05, 0.1) is 0 Å². The quantitative estimate of drug-likeness (QED) is 0.329. The molecule has 0 aliphatic rings. The summed E-state index contributed by atoms with van der Waals surface area (Å²) in [6.45, 7) is 0. The summed E-state index contributed by atoms with van der Waals surface area (Å²) in [6, 6.07) is 0. The molecule has 0 fully saturated rings. The molecule has 0 aromatic carbocycles. The van der Waals surface area contributed by atoms with E-state index in [-0.39, 0.29) is 63.4 Å². The molecule has 0 aromatic heterocycles. The Labute approximate surface area is 63.3 Å². The van der Waals surface area contributed by atoms with Crippen LogP contribution < -0.4 is 18.9 Å². The van der Waals surface area contributed by atoms with Crippen molar-refractivity contribution < 1.29 is 63.4 Å². The van der Waals surface area contributed by atoms with Crippen molar-refractivity contribution in [2.45, 2.75) is 0 Å². The van der Waals surface area contributed by atoms with Crippen LogP contribution in [0.15, 0.2) is 0 Å². The second kappa shape index (κ2) is 48.5. The fourth-order valence-electron chi connectivity index (χ4n) is 0. The number of hydrogen-bond donors (Lipinski definition) is 0. The molecule has 0 unspecified atom stereocenters. The standard InChI is InChI=1S/Li.Mn.Ni.2H2O/h;;;2*1H2/q+1;;;;/p-1. The summed E-state index contributed by atoms with van der Waals surface area (Å²) in [5, 5.41) is 0. The smallest absolute Gasteiger partial charge is 0.870 e. The summed E-state index contributed by atoms with van der Waals surface area (Å²) in [5.41, 5.74) is 0. The molecule has 0 amide bonds. The molecular weight excluding hydrogens is 153 g/mol. The van der Waals surface area contributed by atoms with Crippen LogP contribution in [0.5, 0.6) is 0 Å². The Hall–Kier alpha value is 1.53. The van der Waals surface area contributed by atoms with Crippen molar-refractivity contribution in [3.63, 3.8) is 0 Å². The van der Waals surface area contributed by atoms with Crippen molar-refractivity contribution in [3.8, 4) is 0 Å². The second-order valence-electron chi connectivity index (χ2n) is 0. The molecule has 1 radical (unpaired) electrons. The minimum absolute atomic E-state index is 0. The van der Waals surface area contributed by atoms with Crippen LogP contribution in [-0.4, -0.2) is 11.0 Å². The van der Waals surface area contributed by atoms with E-state index in [4.69, 9.17) is 0 Å². The van der Waals surface area contributed by atoms with Crippen molar-refractivity contribution >= 4 is 0 Å². The molecule has 0 spiro atoms. The molecule has 5 heavy (non-hydrogen) atoms. The van der Waals surface area contributed by atoms with Gasteiger partial charge >= 0.3 is 18.9 Å². The zero-order valence-electron chi connectivity index (χ0n) is 2.64. The summed E-state index contributed by atoms with van der Waals surface area (Å²) in [5.74, 6) is 0. The van der Waals surface area contributed by atoms with Gasteiger partial charge in [0, 0.05) is 33.6 Å². The maximum Gasteiger partial charge on any atom is 1.00 e. The Morgan fingerprint density at radius 3 is 1.00 bits per heavy atom. The zero-order valence-corrected chi connectivity index (χ0v) is 4.81. The molecule has 0 aliphatic heterocycles. The van der Waals surface area contributed by atoms with Crippen LogP contribution in [0.3, 0.4) is 0 Å². The van der Waals surface area contributed by atoms with E-state index in [1.165, 1.54) is 0 Å². The van der Waals surface area contributed by atoms with Gasteiger partial charge < -0.3 is 11.0 Å². The Bertz CT molecular complexity index is 9.61. The van der Waals surface area contributed by atoms with Crippen LogP contribution in [0.2, 0.25) is 0 Å². The summed E-state index contributed by atoms with van der Waals surface area (Å²) >= 11 is 0. The average molecular weight is 156 g/mol. The van der Waals surface area contributed by atoms with E-state index in [0.29, 0.717) is 0 Å². The fourth-order valence-corrected chi connectivity index (χ4v) is 0. The van der Waals surface area contributed by atoms with Gasteiger partial charge in [-0.1, -0.05) is 0 Å². The van der Waals surface area contributed by atoms with Gasteiger partial charge in [0.2, 0.25) is 0 Å². The largest absolute Gasteiger partial charge is 1.00 e. The van der Waals surface area contributed by atoms with Crippen LogP contribution in [0, 0.1) is 0 Å². The molecule has 3 N–H and O–H groups in total. The van der Waals surface area contributed by atoms with Crippen LogP contribution in [0.4, 0.5) is 0 Å². The Kier molecular flexibility index (Phi) is 827. The fraction of sp³-hybridized carbons (Fsp3) is 0. The predicted molar refractivity (Wildman–Crippen MR) is 5.55 cm³/mol. The summed E-state index contributed by atoms with van der Waals surface area (Å²) in [4.78, 5) is 0. The summed E-state index contributed by atoms with van der Waals surface area (Å²) < 4.78 is 0. The molecule has 0 saturated carbocycles. The normalized spacial score (nSPS) is 0. The zero-order chi connectivity index (χ0) is 0. The van der Waals surface area contributed by atoms with Crippen molar-refractivity contribution in [2.24, 2.45) is 0 Å². The van der Waals surface area contributed by atoms with E-state index in [0.717, 1.165) is 0 Å². The Morgan fingerprint density at radius 1 is 1.00 bits per heavy atom. The van der Waals surface area contributed by atoms with Crippen LogP contribution in [-0.2, 0) is 33.6 Å². The van der Waals surface area contributed by atoms with Crippen molar-refractivity contribution in [2.75, 3.05) is 0 Å². The first-order chi connectivity index (χ1) is 0. The monoisotopic (exact) mass is 155 g/mol. The van der Waals surface area contributed by atoms with Crippen molar-refractivity contribution in [1.82, 2.24) is 0 Å². The number of rotatable bonds is 0. The molecule has 0 aliphatic carbocycles. The van der Waals surface area contributed by atoms with E-state index >= 15 is 0 Å². The van der Waals surface area contributed by atoms with Gasteiger partial charge in [0.25, 0.3) is 0 Å². The molecule has 0 heterocycles. The second-order valence-corrected chi connectivity index (χ2v) is 0. The topological polar surface area (TPSA) is 61.5 Å². The Morgan fingerprint density at radius 2 is 1.00 bits per heavy atom. The predicted octanol–water partition coefficient (Wildman–Crippen LogP) is -4.00. The van der Waals surface area contributed by atoms with Crippen LogP contribution in [0.1, 0.15) is 0 Å².